The highest BCUT2D eigenvalue weighted by atomic mass is 32.1. The van der Waals surface area contributed by atoms with Crippen LogP contribution in [0.25, 0.3) is 21.5 Å². The van der Waals surface area contributed by atoms with Crippen molar-refractivity contribution in [2.24, 2.45) is 0 Å². The number of benzene rings is 1. The van der Waals surface area contributed by atoms with Gasteiger partial charge in [-0.15, -0.1) is 11.3 Å². The Labute approximate surface area is 202 Å². The van der Waals surface area contributed by atoms with E-state index >= 15 is 0 Å². The molecule has 0 aliphatic carbocycles. The quantitative estimate of drug-likeness (QED) is 0.399. The maximum Gasteiger partial charge on any atom is 0.451 e. The van der Waals surface area contributed by atoms with Crippen molar-refractivity contribution in [1.82, 2.24) is 30.0 Å². The van der Waals surface area contributed by atoms with Gasteiger partial charge in [0.25, 0.3) is 5.91 Å². The minimum absolute atomic E-state index is 0.254. The van der Waals surface area contributed by atoms with Gasteiger partial charge in [0.05, 0.1) is 23.7 Å². The number of hydrogen-bond donors (Lipinski definition) is 2. The second-order valence-corrected chi connectivity index (χ2v) is 10.1. The topological polar surface area (TPSA) is 106 Å². The molecule has 1 atom stereocenters. The molecular weight excluding hydrogens is 481 g/mol. The fraction of sp³-hybridized carbons (Fsp3) is 0.348. The summed E-state index contributed by atoms with van der Waals surface area (Å²) in [6.45, 7) is 7.17. The number of amides is 1. The summed E-state index contributed by atoms with van der Waals surface area (Å²) in [7, 11) is 0. The number of nitrogens with zero attached hydrogens (tertiary/aromatic N) is 5. The van der Waals surface area contributed by atoms with E-state index in [0.717, 1.165) is 28.2 Å². The number of aromatic nitrogens is 5. The zero-order valence-electron chi connectivity index (χ0n) is 19.4. The molecule has 4 aromatic rings. The highest BCUT2D eigenvalue weighted by Gasteiger charge is 2.34. The molecule has 4 rings (SSSR count). The van der Waals surface area contributed by atoms with E-state index in [1.807, 2.05) is 13.1 Å². The van der Waals surface area contributed by atoms with Gasteiger partial charge in [0.15, 0.2) is 0 Å². The molecule has 8 nitrogen and oxygen atoms in total. The number of aryl methyl sites for hydroxylation is 1. The predicted molar refractivity (Wildman–Crippen MR) is 125 cm³/mol. The van der Waals surface area contributed by atoms with E-state index in [1.165, 1.54) is 11.3 Å². The first kappa shape index (κ1) is 24.7. The van der Waals surface area contributed by atoms with Crippen molar-refractivity contribution in [3.63, 3.8) is 0 Å². The standard InChI is InChI=1S/C23H23F3N6O2S/c1-12-7-27-20(35-12)16-5-14(6-18-17(16)10-32(31-18)11-22(3,4)34)19(33)30-13(2)15-8-28-21(29-9-15)23(24,25)26/h5-10,13,34H,11H2,1-4H3,(H,30,33)/t13-/m1/s1. The normalized spacial score (nSPS) is 13.3. The second kappa shape index (κ2) is 9.00. The summed E-state index contributed by atoms with van der Waals surface area (Å²) in [6, 6.07) is 2.70. The summed E-state index contributed by atoms with van der Waals surface area (Å²) >= 11 is 1.47. The van der Waals surface area contributed by atoms with Crippen molar-refractivity contribution in [3.8, 4) is 10.6 Å². The van der Waals surface area contributed by atoms with Crippen molar-refractivity contribution in [3.05, 3.63) is 58.7 Å². The molecule has 0 fully saturated rings. The first-order chi connectivity index (χ1) is 16.3. The molecule has 0 bridgehead atoms. The average molecular weight is 505 g/mol. The summed E-state index contributed by atoms with van der Waals surface area (Å²) in [5, 5.41) is 19.0. The van der Waals surface area contributed by atoms with E-state index in [0.29, 0.717) is 21.7 Å². The minimum atomic E-state index is -4.64. The molecule has 0 radical (unpaired) electrons. The fourth-order valence-corrected chi connectivity index (χ4v) is 4.30. The van der Waals surface area contributed by atoms with Crippen LogP contribution in [0.4, 0.5) is 13.2 Å². The summed E-state index contributed by atoms with van der Waals surface area (Å²) in [4.78, 5) is 25.3. The second-order valence-electron chi connectivity index (χ2n) is 8.90. The largest absolute Gasteiger partial charge is 0.451 e. The lowest BCUT2D eigenvalue weighted by Gasteiger charge is -2.16. The lowest BCUT2D eigenvalue weighted by Crippen LogP contribution is -2.27. The van der Waals surface area contributed by atoms with Crippen molar-refractivity contribution in [1.29, 1.82) is 0 Å². The zero-order valence-corrected chi connectivity index (χ0v) is 20.2. The third kappa shape index (κ3) is 5.65. The summed E-state index contributed by atoms with van der Waals surface area (Å²) in [5.41, 5.74) is 0.930. The van der Waals surface area contributed by atoms with E-state index in [2.05, 4.69) is 25.4 Å². The Kier molecular flexibility index (Phi) is 6.36. The maximum absolute atomic E-state index is 13.1. The Morgan fingerprint density at radius 2 is 1.86 bits per heavy atom. The number of halogens is 3. The van der Waals surface area contributed by atoms with Gasteiger partial charge >= 0.3 is 6.18 Å². The fourth-order valence-electron chi connectivity index (χ4n) is 3.51. The monoisotopic (exact) mass is 504 g/mol. The molecule has 1 aromatic carbocycles. The van der Waals surface area contributed by atoms with Crippen LogP contribution in [-0.2, 0) is 12.7 Å². The first-order valence-corrected chi connectivity index (χ1v) is 11.5. The van der Waals surface area contributed by atoms with Gasteiger partial charge in [-0.3, -0.25) is 9.48 Å². The number of alkyl halides is 3. The number of aliphatic hydroxyl groups is 1. The predicted octanol–water partition coefficient (Wildman–Crippen LogP) is 4.54. The molecule has 12 heteroatoms. The molecule has 1 amide bonds. The lowest BCUT2D eigenvalue weighted by atomic mass is 10.0. The third-order valence-corrected chi connectivity index (χ3v) is 6.05. The van der Waals surface area contributed by atoms with Crippen LogP contribution in [0.5, 0.6) is 0 Å². The van der Waals surface area contributed by atoms with Gasteiger partial charge in [-0.1, -0.05) is 0 Å². The van der Waals surface area contributed by atoms with E-state index in [-0.39, 0.29) is 6.54 Å². The number of carbonyl (C=O) groups is 1. The number of nitrogens with one attached hydrogen (secondary N) is 1. The number of hydrogen-bond acceptors (Lipinski definition) is 7. The smallest absolute Gasteiger partial charge is 0.389 e. The molecule has 0 unspecified atom stereocenters. The van der Waals surface area contributed by atoms with Gasteiger partial charge in [0, 0.05) is 51.7 Å². The van der Waals surface area contributed by atoms with E-state index in [4.69, 9.17) is 0 Å². The molecule has 0 saturated heterocycles. The maximum atomic E-state index is 13.1. The van der Waals surface area contributed by atoms with Gasteiger partial charge in [-0.25, -0.2) is 15.0 Å². The van der Waals surface area contributed by atoms with Gasteiger partial charge in [-0.2, -0.15) is 18.3 Å². The van der Waals surface area contributed by atoms with E-state index in [1.54, 1.807) is 43.8 Å². The van der Waals surface area contributed by atoms with Crippen LogP contribution in [0.2, 0.25) is 0 Å². The molecule has 0 spiro atoms. The van der Waals surface area contributed by atoms with Crippen LogP contribution < -0.4 is 5.32 Å². The van der Waals surface area contributed by atoms with Crippen molar-refractivity contribution < 1.29 is 23.1 Å². The van der Waals surface area contributed by atoms with Gasteiger partial charge in [0.2, 0.25) is 5.82 Å². The molecule has 35 heavy (non-hydrogen) atoms. The SMILES string of the molecule is Cc1cnc(-c2cc(C(=O)N[C@H](C)c3cnc(C(F)(F)F)nc3)cc3nn(CC(C)(C)O)cc23)s1. The van der Waals surface area contributed by atoms with Crippen LogP contribution in [0.15, 0.2) is 36.9 Å². The molecule has 0 saturated carbocycles. The zero-order chi connectivity index (χ0) is 25.5. The first-order valence-electron chi connectivity index (χ1n) is 10.7. The Bertz CT molecular complexity index is 1370. The number of thiazole rings is 1. The molecule has 3 heterocycles. The Balaban J connectivity index is 1.66. The highest BCUT2D eigenvalue weighted by Crippen LogP contribution is 2.33. The van der Waals surface area contributed by atoms with E-state index < -0.39 is 29.6 Å². The molecule has 184 valence electrons. The van der Waals surface area contributed by atoms with Gasteiger partial charge in [-0.05, 0) is 39.8 Å². The average Bonchev–Trinajstić information content (AvgIpc) is 3.36. The van der Waals surface area contributed by atoms with Crippen LogP contribution in [0.3, 0.4) is 0 Å². The van der Waals surface area contributed by atoms with Crippen molar-refractivity contribution in [2.75, 3.05) is 0 Å². The molecular formula is C23H23F3N6O2S. The highest BCUT2D eigenvalue weighted by molar-refractivity contribution is 7.15. The molecule has 0 aliphatic rings. The van der Waals surface area contributed by atoms with Gasteiger partial charge < -0.3 is 10.4 Å². The lowest BCUT2D eigenvalue weighted by molar-refractivity contribution is -0.145. The number of rotatable bonds is 6. The minimum Gasteiger partial charge on any atom is -0.389 e. The van der Waals surface area contributed by atoms with Crippen LogP contribution in [0, 0.1) is 6.92 Å². The summed E-state index contributed by atoms with van der Waals surface area (Å²) in [5.74, 6) is -1.68. The molecule has 3 aromatic heterocycles. The van der Waals surface area contributed by atoms with Crippen LogP contribution in [0.1, 0.15) is 53.4 Å². The Morgan fingerprint density at radius 3 is 2.43 bits per heavy atom. The number of fused-ring (bicyclic) bond motifs is 1. The molecule has 0 aliphatic heterocycles. The Hall–Kier alpha value is -3.38. The molecule has 2 N–H and O–H groups in total. The van der Waals surface area contributed by atoms with Crippen molar-refractivity contribution >= 4 is 28.1 Å². The van der Waals surface area contributed by atoms with Gasteiger partial charge in [0.1, 0.15) is 5.01 Å². The summed E-state index contributed by atoms with van der Waals surface area (Å²) in [6.07, 6.45) is 1.01. The van der Waals surface area contributed by atoms with E-state index in [9.17, 15) is 23.1 Å². The number of carbonyl (C=O) groups excluding carboxylic acids is 1. The Morgan fingerprint density at radius 1 is 1.17 bits per heavy atom. The van der Waals surface area contributed by atoms with Crippen LogP contribution >= 0.6 is 11.3 Å². The summed E-state index contributed by atoms with van der Waals surface area (Å²) < 4.78 is 39.8. The third-order valence-electron chi connectivity index (χ3n) is 5.11. The van der Waals surface area contributed by atoms with Crippen LogP contribution in [-0.4, -0.2) is 41.3 Å². The van der Waals surface area contributed by atoms with Crippen molar-refractivity contribution in [2.45, 2.75) is 52.1 Å².